The Balaban J connectivity index is 1.58. The number of hydrogen-bond acceptors (Lipinski definition) is 4. The minimum atomic E-state index is -0.340. The van der Waals surface area contributed by atoms with E-state index in [4.69, 9.17) is 4.74 Å². The normalized spacial score (nSPS) is 18.7. The number of nitrogens with one attached hydrogen (secondary N) is 2. The van der Waals surface area contributed by atoms with E-state index in [1.54, 1.807) is 0 Å². The second-order valence-corrected chi connectivity index (χ2v) is 7.40. The SMILES string of the molecule is Cc1ccc2c(-c3ccc4c(c3)OC3(CCNCC3)CC4=O)c[nH]c2n1. The molecule has 1 saturated heterocycles. The summed E-state index contributed by atoms with van der Waals surface area (Å²) in [7, 11) is 0. The fraction of sp³-hybridized carbons (Fsp3) is 0.333. The third kappa shape index (κ3) is 2.42. The van der Waals surface area contributed by atoms with Crippen LogP contribution in [0.25, 0.3) is 22.2 Å². The number of Topliss-reactive ketones (excluding diaryl/α,β-unsaturated/α-hetero) is 1. The van der Waals surface area contributed by atoms with Crippen LogP contribution in [0.15, 0.2) is 36.5 Å². The Kier molecular flexibility index (Phi) is 3.40. The maximum Gasteiger partial charge on any atom is 0.170 e. The van der Waals surface area contributed by atoms with E-state index >= 15 is 0 Å². The van der Waals surface area contributed by atoms with Crippen LogP contribution in [0.3, 0.4) is 0 Å². The molecule has 0 bridgehead atoms. The molecule has 2 N–H and O–H groups in total. The molecule has 0 amide bonds. The number of aryl methyl sites for hydroxylation is 1. The van der Waals surface area contributed by atoms with Crippen LogP contribution in [0.4, 0.5) is 0 Å². The molecule has 2 aliphatic rings. The van der Waals surface area contributed by atoms with E-state index in [-0.39, 0.29) is 11.4 Å². The van der Waals surface area contributed by atoms with E-state index in [1.807, 2.05) is 37.4 Å². The zero-order valence-corrected chi connectivity index (χ0v) is 14.8. The van der Waals surface area contributed by atoms with Crippen molar-refractivity contribution in [3.63, 3.8) is 0 Å². The van der Waals surface area contributed by atoms with E-state index in [1.165, 1.54) is 0 Å². The highest BCUT2D eigenvalue weighted by molar-refractivity contribution is 6.02. The molecule has 0 aliphatic carbocycles. The van der Waals surface area contributed by atoms with Gasteiger partial charge < -0.3 is 15.0 Å². The Morgan fingerprint density at radius 2 is 1.96 bits per heavy atom. The van der Waals surface area contributed by atoms with Gasteiger partial charge in [-0.3, -0.25) is 4.79 Å². The Bertz CT molecular complexity index is 1020. The van der Waals surface area contributed by atoms with Gasteiger partial charge in [0.15, 0.2) is 5.78 Å². The lowest BCUT2D eigenvalue weighted by Crippen LogP contribution is -2.49. The fourth-order valence-corrected chi connectivity index (χ4v) is 4.16. The quantitative estimate of drug-likeness (QED) is 0.705. The number of fused-ring (bicyclic) bond motifs is 2. The summed E-state index contributed by atoms with van der Waals surface area (Å²) in [5, 5.41) is 4.43. The zero-order chi connectivity index (χ0) is 17.7. The number of aromatic nitrogens is 2. The number of hydrogen-bond donors (Lipinski definition) is 2. The minimum absolute atomic E-state index is 0.191. The van der Waals surface area contributed by atoms with Crippen LogP contribution in [0, 0.1) is 6.92 Å². The van der Waals surface area contributed by atoms with E-state index < -0.39 is 0 Å². The molecule has 26 heavy (non-hydrogen) atoms. The highest BCUT2D eigenvalue weighted by atomic mass is 16.5. The van der Waals surface area contributed by atoms with Gasteiger partial charge in [0.25, 0.3) is 0 Å². The predicted octanol–water partition coefficient (Wildman–Crippen LogP) is 3.63. The Labute approximate surface area is 151 Å². The second-order valence-electron chi connectivity index (χ2n) is 7.40. The molecule has 0 unspecified atom stereocenters. The number of H-pyrrole nitrogens is 1. The number of pyridine rings is 1. The first-order valence-electron chi connectivity index (χ1n) is 9.16. The average Bonchev–Trinajstić information content (AvgIpc) is 3.04. The molecule has 0 atom stereocenters. The summed E-state index contributed by atoms with van der Waals surface area (Å²) in [4.78, 5) is 20.5. The van der Waals surface area contributed by atoms with Crippen molar-refractivity contribution in [2.24, 2.45) is 0 Å². The molecule has 1 spiro atoms. The van der Waals surface area contributed by atoms with Gasteiger partial charge in [0.1, 0.15) is 17.0 Å². The maximum atomic E-state index is 12.7. The highest BCUT2D eigenvalue weighted by Crippen LogP contribution is 2.40. The molecule has 132 valence electrons. The van der Waals surface area contributed by atoms with Gasteiger partial charge in [0.2, 0.25) is 0 Å². The number of ketones is 1. The molecule has 5 heteroatoms. The van der Waals surface area contributed by atoms with Gasteiger partial charge in [-0.1, -0.05) is 6.07 Å². The van der Waals surface area contributed by atoms with Crippen LogP contribution in [-0.4, -0.2) is 34.4 Å². The van der Waals surface area contributed by atoms with Gasteiger partial charge in [-0.05, 0) is 49.8 Å². The van der Waals surface area contributed by atoms with Crippen molar-refractivity contribution in [1.82, 2.24) is 15.3 Å². The molecule has 5 nitrogen and oxygen atoms in total. The first-order valence-corrected chi connectivity index (χ1v) is 9.16. The van der Waals surface area contributed by atoms with Gasteiger partial charge >= 0.3 is 0 Å². The maximum absolute atomic E-state index is 12.7. The zero-order valence-electron chi connectivity index (χ0n) is 14.8. The first-order chi connectivity index (χ1) is 12.6. The highest BCUT2D eigenvalue weighted by Gasteiger charge is 2.41. The molecule has 2 aliphatic heterocycles. The van der Waals surface area contributed by atoms with Crippen molar-refractivity contribution < 1.29 is 9.53 Å². The summed E-state index contributed by atoms with van der Waals surface area (Å²) in [6.45, 7) is 3.78. The van der Waals surface area contributed by atoms with Crippen LogP contribution in [-0.2, 0) is 0 Å². The molecular formula is C21H21N3O2. The number of rotatable bonds is 1. The van der Waals surface area contributed by atoms with E-state index in [0.29, 0.717) is 12.0 Å². The number of carbonyl (C=O) groups is 1. The predicted molar refractivity (Wildman–Crippen MR) is 101 cm³/mol. The van der Waals surface area contributed by atoms with Gasteiger partial charge in [-0.2, -0.15) is 0 Å². The third-order valence-corrected chi connectivity index (χ3v) is 5.59. The van der Waals surface area contributed by atoms with Crippen molar-refractivity contribution >= 4 is 16.8 Å². The molecule has 1 aromatic carbocycles. The Morgan fingerprint density at radius 1 is 1.12 bits per heavy atom. The summed E-state index contributed by atoms with van der Waals surface area (Å²) in [5.41, 5.74) is 4.34. The molecule has 4 heterocycles. The first kappa shape index (κ1) is 15.6. The Morgan fingerprint density at radius 3 is 2.81 bits per heavy atom. The van der Waals surface area contributed by atoms with Gasteiger partial charge in [-0.25, -0.2) is 4.98 Å². The van der Waals surface area contributed by atoms with Crippen molar-refractivity contribution in [1.29, 1.82) is 0 Å². The summed E-state index contributed by atoms with van der Waals surface area (Å²) < 4.78 is 6.41. The van der Waals surface area contributed by atoms with Gasteiger partial charge in [0.05, 0.1) is 12.0 Å². The number of aromatic amines is 1. The van der Waals surface area contributed by atoms with Crippen LogP contribution in [0.2, 0.25) is 0 Å². The van der Waals surface area contributed by atoms with Crippen LogP contribution in [0.5, 0.6) is 5.75 Å². The van der Waals surface area contributed by atoms with Crippen LogP contribution >= 0.6 is 0 Å². The molecule has 3 aromatic rings. The number of nitrogens with zero attached hydrogens (tertiary/aromatic N) is 1. The smallest absolute Gasteiger partial charge is 0.170 e. The molecule has 0 saturated carbocycles. The minimum Gasteiger partial charge on any atom is -0.486 e. The molecule has 5 rings (SSSR count). The van der Waals surface area contributed by atoms with E-state index in [9.17, 15) is 4.79 Å². The van der Waals surface area contributed by atoms with Crippen LogP contribution < -0.4 is 10.1 Å². The number of ether oxygens (including phenoxy) is 1. The summed E-state index contributed by atoms with van der Waals surface area (Å²) in [5.74, 6) is 0.908. The summed E-state index contributed by atoms with van der Waals surface area (Å²) >= 11 is 0. The summed E-state index contributed by atoms with van der Waals surface area (Å²) in [6.07, 6.45) is 4.21. The molecule has 0 radical (unpaired) electrons. The largest absolute Gasteiger partial charge is 0.486 e. The molecule has 1 fully saturated rings. The average molecular weight is 347 g/mol. The van der Waals surface area contributed by atoms with Crippen molar-refractivity contribution in [3.05, 3.63) is 47.8 Å². The second kappa shape index (κ2) is 5.68. The van der Waals surface area contributed by atoms with Gasteiger partial charge in [-0.15, -0.1) is 0 Å². The number of benzene rings is 1. The number of piperidine rings is 1. The monoisotopic (exact) mass is 347 g/mol. The van der Waals surface area contributed by atoms with Gasteiger partial charge in [0, 0.05) is 35.7 Å². The van der Waals surface area contributed by atoms with Crippen LogP contribution in [0.1, 0.15) is 35.3 Å². The molecular weight excluding hydrogens is 326 g/mol. The topological polar surface area (TPSA) is 67.0 Å². The lowest BCUT2D eigenvalue weighted by atomic mass is 9.82. The van der Waals surface area contributed by atoms with Crippen molar-refractivity contribution in [2.45, 2.75) is 31.8 Å². The van der Waals surface area contributed by atoms with E-state index in [0.717, 1.165) is 59.5 Å². The Hall–Kier alpha value is -2.66. The number of carbonyl (C=O) groups excluding carboxylic acids is 1. The third-order valence-electron chi connectivity index (χ3n) is 5.59. The van der Waals surface area contributed by atoms with Crippen molar-refractivity contribution in [2.75, 3.05) is 13.1 Å². The fourth-order valence-electron chi connectivity index (χ4n) is 4.16. The molecule has 2 aromatic heterocycles. The lowest BCUT2D eigenvalue weighted by Gasteiger charge is -2.41. The lowest BCUT2D eigenvalue weighted by molar-refractivity contribution is 0.0188. The van der Waals surface area contributed by atoms with E-state index in [2.05, 4.69) is 21.4 Å². The summed E-state index contributed by atoms with van der Waals surface area (Å²) in [6, 6.07) is 10.0. The van der Waals surface area contributed by atoms with Crippen molar-refractivity contribution in [3.8, 4) is 16.9 Å². The standard InChI is InChI=1S/C21H21N3O2/c1-13-2-4-15-17(12-23-20(15)24-13)14-3-5-16-18(25)11-21(26-19(16)10-14)6-8-22-9-7-21/h2-5,10,12,22H,6-9,11H2,1H3,(H,23,24).